The Balaban J connectivity index is 1.58. The third kappa shape index (κ3) is 4.05. The van der Waals surface area contributed by atoms with E-state index in [1.165, 1.54) is 11.8 Å². The fraction of sp³-hybridized carbons (Fsp3) is 0.211. The van der Waals surface area contributed by atoms with Crippen LogP contribution in [-0.4, -0.2) is 34.0 Å². The number of imidazole rings is 1. The number of hydrogen-bond acceptors (Lipinski definition) is 5. The number of fused-ring (bicyclic) bond motifs is 1. The van der Waals surface area contributed by atoms with Crippen LogP contribution in [0.2, 0.25) is 0 Å². The number of thioether (sulfide) groups is 1. The highest BCUT2D eigenvalue weighted by molar-refractivity contribution is 7.99. The molecule has 26 heavy (non-hydrogen) atoms. The molecule has 0 aliphatic carbocycles. The molecule has 0 saturated heterocycles. The van der Waals surface area contributed by atoms with Gasteiger partial charge in [-0.1, -0.05) is 23.9 Å². The van der Waals surface area contributed by atoms with Crippen molar-refractivity contribution in [2.75, 3.05) is 12.9 Å². The van der Waals surface area contributed by atoms with Crippen LogP contribution >= 0.6 is 11.8 Å². The monoisotopic (exact) mass is 368 g/mol. The van der Waals surface area contributed by atoms with Gasteiger partial charge in [-0.15, -0.1) is 0 Å². The van der Waals surface area contributed by atoms with E-state index in [0.29, 0.717) is 0 Å². The number of aryl methyl sites for hydroxylation is 1. The van der Waals surface area contributed by atoms with Crippen molar-refractivity contribution in [2.45, 2.75) is 12.1 Å². The predicted molar refractivity (Wildman–Crippen MR) is 105 cm³/mol. The van der Waals surface area contributed by atoms with Gasteiger partial charge in [0.15, 0.2) is 5.16 Å². The van der Waals surface area contributed by atoms with Crippen molar-refractivity contribution in [1.29, 1.82) is 0 Å². The standard InChI is InChI=1S/C19H20N4O2S/c1-13(14-8-10-15(25-3)11-9-14)21-22-18(24)12-26-19-20-16-6-4-5-7-17(16)23(19)2/h4-11H,12H2,1-3H3,(H,22,24)/b21-13-. The van der Waals surface area contributed by atoms with Crippen LogP contribution in [0.15, 0.2) is 58.8 Å². The van der Waals surface area contributed by atoms with Crippen molar-refractivity contribution in [1.82, 2.24) is 15.0 Å². The Morgan fingerprint density at radius 2 is 1.96 bits per heavy atom. The number of hydrogen-bond donors (Lipinski definition) is 1. The first-order chi connectivity index (χ1) is 12.6. The number of benzene rings is 2. The number of methoxy groups -OCH3 is 1. The molecule has 134 valence electrons. The molecule has 0 radical (unpaired) electrons. The summed E-state index contributed by atoms with van der Waals surface area (Å²) in [5.74, 6) is 0.857. The molecule has 0 unspecified atom stereocenters. The summed E-state index contributed by atoms with van der Waals surface area (Å²) < 4.78 is 7.12. The van der Waals surface area contributed by atoms with Gasteiger partial charge in [0.2, 0.25) is 0 Å². The van der Waals surface area contributed by atoms with Crippen molar-refractivity contribution in [3.05, 3.63) is 54.1 Å². The summed E-state index contributed by atoms with van der Waals surface area (Å²) in [6, 6.07) is 15.4. The van der Waals surface area contributed by atoms with E-state index in [-0.39, 0.29) is 11.7 Å². The minimum atomic E-state index is -0.171. The molecule has 2 aromatic carbocycles. The average Bonchev–Trinajstić information content (AvgIpc) is 3.00. The van der Waals surface area contributed by atoms with Gasteiger partial charge in [-0.2, -0.15) is 5.10 Å². The molecular formula is C19H20N4O2S. The second-order valence-corrected chi connectivity index (χ2v) is 6.63. The van der Waals surface area contributed by atoms with Crippen molar-refractivity contribution >= 4 is 34.4 Å². The largest absolute Gasteiger partial charge is 0.497 e. The molecule has 1 amide bonds. The van der Waals surface area contributed by atoms with E-state index in [9.17, 15) is 4.79 Å². The molecule has 7 heteroatoms. The van der Waals surface area contributed by atoms with Crippen LogP contribution in [0.1, 0.15) is 12.5 Å². The van der Waals surface area contributed by atoms with Crippen molar-refractivity contribution in [3.8, 4) is 5.75 Å². The first-order valence-electron chi connectivity index (χ1n) is 8.10. The van der Waals surface area contributed by atoms with Gasteiger partial charge < -0.3 is 9.30 Å². The van der Waals surface area contributed by atoms with Gasteiger partial charge in [0.05, 0.1) is 29.6 Å². The van der Waals surface area contributed by atoms with E-state index in [1.807, 2.05) is 67.1 Å². The first kappa shape index (κ1) is 18.0. The van der Waals surface area contributed by atoms with E-state index >= 15 is 0 Å². The summed E-state index contributed by atoms with van der Waals surface area (Å²) in [4.78, 5) is 16.6. The maximum atomic E-state index is 12.1. The molecule has 3 aromatic rings. The molecular weight excluding hydrogens is 348 g/mol. The van der Waals surface area contributed by atoms with Crippen LogP contribution in [-0.2, 0) is 11.8 Å². The fourth-order valence-electron chi connectivity index (χ4n) is 2.46. The molecule has 1 N–H and O–H groups in total. The Kier molecular flexibility index (Phi) is 5.58. The van der Waals surface area contributed by atoms with Crippen LogP contribution in [0.5, 0.6) is 5.75 Å². The highest BCUT2D eigenvalue weighted by Crippen LogP contribution is 2.22. The summed E-state index contributed by atoms with van der Waals surface area (Å²) in [6.07, 6.45) is 0. The number of hydrazone groups is 1. The van der Waals surface area contributed by atoms with E-state index in [1.54, 1.807) is 7.11 Å². The molecule has 0 aliphatic heterocycles. The molecule has 1 heterocycles. The van der Waals surface area contributed by atoms with Crippen molar-refractivity contribution < 1.29 is 9.53 Å². The first-order valence-corrected chi connectivity index (χ1v) is 9.09. The van der Waals surface area contributed by atoms with E-state index in [4.69, 9.17) is 4.74 Å². The molecule has 6 nitrogen and oxygen atoms in total. The van der Waals surface area contributed by atoms with Crippen LogP contribution < -0.4 is 10.2 Å². The number of carbonyl (C=O) groups is 1. The zero-order valence-electron chi connectivity index (χ0n) is 14.9. The molecule has 0 aliphatic rings. The Morgan fingerprint density at radius 1 is 1.23 bits per heavy atom. The summed E-state index contributed by atoms with van der Waals surface area (Å²) >= 11 is 1.39. The molecule has 3 rings (SSSR count). The molecule has 0 fully saturated rings. The van der Waals surface area contributed by atoms with Crippen molar-refractivity contribution in [3.63, 3.8) is 0 Å². The van der Waals surface area contributed by atoms with Gasteiger partial charge in [0, 0.05) is 7.05 Å². The molecule has 1 aromatic heterocycles. The SMILES string of the molecule is COc1ccc(/C(C)=N\NC(=O)CSc2nc3ccccc3n2C)cc1. The maximum absolute atomic E-state index is 12.1. The number of aromatic nitrogens is 2. The minimum Gasteiger partial charge on any atom is -0.497 e. The fourth-order valence-corrected chi connectivity index (χ4v) is 3.24. The molecule has 0 saturated carbocycles. The minimum absolute atomic E-state index is 0.171. The number of amides is 1. The lowest BCUT2D eigenvalue weighted by Gasteiger charge is -2.05. The number of ether oxygens (including phenoxy) is 1. The lowest BCUT2D eigenvalue weighted by Crippen LogP contribution is -2.21. The van der Waals surface area contributed by atoms with Crippen LogP contribution in [0.4, 0.5) is 0 Å². The highest BCUT2D eigenvalue weighted by atomic mass is 32.2. The second kappa shape index (κ2) is 8.05. The topological polar surface area (TPSA) is 68.5 Å². The molecule has 0 spiro atoms. The van der Waals surface area contributed by atoms with Crippen LogP contribution in [0.25, 0.3) is 11.0 Å². The van der Waals surface area contributed by atoms with Crippen molar-refractivity contribution in [2.24, 2.45) is 12.1 Å². The quantitative estimate of drug-likeness (QED) is 0.412. The van der Waals surface area contributed by atoms with E-state index in [2.05, 4.69) is 15.5 Å². The Bertz CT molecular complexity index is 948. The predicted octanol–water partition coefficient (Wildman–Crippen LogP) is 3.21. The van der Waals surface area contributed by atoms with E-state index < -0.39 is 0 Å². The summed E-state index contributed by atoms with van der Waals surface area (Å²) in [5.41, 5.74) is 6.22. The summed E-state index contributed by atoms with van der Waals surface area (Å²) in [6.45, 7) is 1.85. The van der Waals surface area contributed by atoms with Crippen LogP contribution in [0.3, 0.4) is 0 Å². The summed E-state index contributed by atoms with van der Waals surface area (Å²) in [7, 11) is 3.57. The molecule has 0 bridgehead atoms. The summed E-state index contributed by atoms with van der Waals surface area (Å²) in [5, 5.41) is 4.97. The number of nitrogens with one attached hydrogen (secondary N) is 1. The average molecular weight is 368 g/mol. The zero-order valence-corrected chi connectivity index (χ0v) is 15.7. The van der Waals surface area contributed by atoms with Crippen LogP contribution in [0, 0.1) is 0 Å². The second-order valence-electron chi connectivity index (χ2n) is 5.69. The Morgan fingerprint density at radius 3 is 2.65 bits per heavy atom. The third-order valence-corrected chi connectivity index (χ3v) is 4.96. The number of para-hydroxylation sites is 2. The zero-order chi connectivity index (χ0) is 18.5. The number of rotatable bonds is 6. The van der Waals surface area contributed by atoms with Gasteiger partial charge >= 0.3 is 0 Å². The number of nitrogens with zero attached hydrogens (tertiary/aromatic N) is 3. The third-order valence-electron chi connectivity index (χ3n) is 3.93. The van der Waals surface area contributed by atoms with Gasteiger partial charge in [-0.05, 0) is 48.9 Å². The van der Waals surface area contributed by atoms with Gasteiger partial charge in [-0.3, -0.25) is 4.79 Å². The molecule has 0 atom stereocenters. The lowest BCUT2D eigenvalue weighted by molar-refractivity contribution is -0.118. The van der Waals surface area contributed by atoms with Gasteiger partial charge in [0.1, 0.15) is 5.75 Å². The Labute approximate surface area is 156 Å². The lowest BCUT2D eigenvalue weighted by atomic mass is 10.1. The number of carbonyl (C=O) groups excluding carboxylic acids is 1. The normalized spacial score (nSPS) is 11.6. The maximum Gasteiger partial charge on any atom is 0.250 e. The van der Waals surface area contributed by atoms with Gasteiger partial charge in [0.25, 0.3) is 5.91 Å². The van der Waals surface area contributed by atoms with E-state index in [0.717, 1.165) is 33.2 Å². The smallest absolute Gasteiger partial charge is 0.250 e. The highest BCUT2D eigenvalue weighted by Gasteiger charge is 2.10. The van der Waals surface area contributed by atoms with Gasteiger partial charge in [-0.25, -0.2) is 10.4 Å². The Hall–Kier alpha value is -2.80.